The van der Waals surface area contributed by atoms with Gasteiger partial charge in [-0.15, -0.1) is 0 Å². The summed E-state index contributed by atoms with van der Waals surface area (Å²) in [5, 5.41) is 14.0. The molecule has 0 bridgehead atoms. The summed E-state index contributed by atoms with van der Waals surface area (Å²) < 4.78 is 5.36. The minimum Gasteiger partial charge on any atom is -0.496 e. The summed E-state index contributed by atoms with van der Waals surface area (Å²) in [5.74, 6) is 2.28. The Hall–Kier alpha value is -1.06. The molecular formula is C18H29NO2. The lowest BCUT2D eigenvalue weighted by Crippen LogP contribution is -2.40. The molecule has 0 aliphatic heterocycles. The third kappa shape index (κ3) is 4.21. The summed E-state index contributed by atoms with van der Waals surface area (Å²) in [5.41, 5.74) is 2.02. The van der Waals surface area contributed by atoms with Crippen molar-refractivity contribution < 1.29 is 9.84 Å². The Labute approximate surface area is 128 Å². The van der Waals surface area contributed by atoms with Gasteiger partial charge >= 0.3 is 0 Å². The van der Waals surface area contributed by atoms with Gasteiger partial charge in [-0.05, 0) is 50.2 Å². The van der Waals surface area contributed by atoms with Gasteiger partial charge in [0.25, 0.3) is 0 Å². The highest BCUT2D eigenvalue weighted by Crippen LogP contribution is 2.30. The molecule has 1 aliphatic rings. The minimum absolute atomic E-state index is 0.520. The van der Waals surface area contributed by atoms with Crippen LogP contribution in [0.1, 0.15) is 50.3 Å². The van der Waals surface area contributed by atoms with Crippen LogP contribution in [-0.2, 0) is 0 Å². The van der Waals surface area contributed by atoms with E-state index < -0.39 is 6.10 Å². The van der Waals surface area contributed by atoms with Crippen molar-refractivity contribution in [2.24, 2.45) is 11.8 Å². The maximum absolute atomic E-state index is 10.5. The van der Waals surface area contributed by atoms with Gasteiger partial charge in [0.15, 0.2) is 0 Å². The predicted octanol–water partition coefficient (Wildman–Crippen LogP) is 3.45. The van der Waals surface area contributed by atoms with Crippen molar-refractivity contribution in [3.8, 4) is 5.75 Å². The average molecular weight is 291 g/mol. The number of aliphatic hydroxyl groups is 1. The Balaban J connectivity index is 1.95. The SMILES string of the molecule is COc1ccc(C)cc1C(O)CNC1CCC(C)CC1C. The topological polar surface area (TPSA) is 41.5 Å². The number of hydrogen-bond acceptors (Lipinski definition) is 3. The van der Waals surface area contributed by atoms with Crippen molar-refractivity contribution in [3.05, 3.63) is 29.3 Å². The normalized spacial score (nSPS) is 27.4. The molecule has 4 unspecified atom stereocenters. The van der Waals surface area contributed by atoms with E-state index in [9.17, 15) is 5.11 Å². The Morgan fingerprint density at radius 2 is 2.10 bits per heavy atom. The molecule has 3 heteroatoms. The highest BCUT2D eigenvalue weighted by atomic mass is 16.5. The van der Waals surface area contributed by atoms with Crippen LogP contribution in [0, 0.1) is 18.8 Å². The summed E-state index contributed by atoms with van der Waals surface area (Å²) >= 11 is 0. The summed E-state index contributed by atoms with van der Waals surface area (Å²) in [7, 11) is 1.65. The molecule has 3 nitrogen and oxygen atoms in total. The Morgan fingerprint density at radius 3 is 2.76 bits per heavy atom. The monoisotopic (exact) mass is 291 g/mol. The standard InChI is InChI=1S/C18H29NO2/c1-12-5-7-16(14(3)9-12)19-11-17(20)15-10-13(2)6-8-18(15)21-4/h6,8,10,12,14,16-17,19-20H,5,7,9,11H2,1-4H3. The molecule has 4 atom stereocenters. The number of nitrogens with one attached hydrogen (secondary N) is 1. The highest BCUT2D eigenvalue weighted by Gasteiger charge is 2.25. The van der Waals surface area contributed by atoms with Crippen molar-refractivity contribution >= 4 is 0 Å². The van der Waals surface area contributed by atoms with Gasteiger partial charge in [0, 0.05) is 18.2 Å². The largest absolute Gasteiger partial charge is 0.496 e. The molecule has 1 aromatic carbocycles. The molecule has 0 spiro atoms. The molecule has 1 saturated carbocycles. The van der Waals surface area contributed by atoms with Crippen LogP contribution in [0.25, 0.3) is 0 Å². The van der Waals surface area contributed by atoms with Crippen molar-refractivity contribution in [1.82, 2.24) is 5.32 Å². The lowest BCUT2D eigenvalue weighted by molar-refractivity contribution is 0.148. The fourth-order valence-corrected chi connectivity index (χ4v) is 3.46. The van der Waals surface area contributed by atoms with Crippen LogP contribution in [0.2, 0.25) is 0 Å². The Bertz CT molecular complexity index is 461. The van der Waals surface area contributed by atoms with Crippen LogP contribution in [0.5, 0.6) is 5.75 Å². The molecule has 0 heterocycles. The second kappa shape index (κ2) is 7.28. The van der Waals surface area contributed by atoms with Gasteiger partial charge in [0.1, 0.15) is 5.75 Å². The molecule has 0 radical (unpaired) electrons. The molecule has 1 aromatic rings. The van der Waals surface area contributed by atoms with E-state index in [0.29, 0.717) is 18.5 Å². The van der Waals surface area contributed by atoms with E-state index in [1.807, 2.05) is 25.1 Å². The summed E-state index contributed by atoms with van der Waals surface area (Å²) in [4.78, 5) is 0. The van der Waals surface area contributed by atoms with Gasteiger partial charge in [-0.2, -0.15) is 0 Å². The van der Waals surface area contributed by atoms with Gasteiger partial charge in [-0.1, -0.05) is 25.5 Å². The van der Waals surface area contributed by atoms with Gasteiger partial charge in [-0.25, -0.2) is 0 Å². The summed E-state index contributed by atoms with van der Waals surface area (Å²) in [6.07, 6.45) is 3.25. The number of ether oxygens (including phenoxy) is 1. The van der Waals surface area contributed by atoms with E-state index in [1.165, 1.54) is 19.3 Å². The molecule has 0 saturated heterocycles. The molecular weight excluding hydrogens is 262 g/mol. The first-order valence-electron chi connectivity index (χ1n) is 8.07. The van der Waals surface area contributed by atoms with Gasteiger partial charge < -0.3 is 15.2 Å². The van der Waals surface area contributed by atoms with E-state index in [1.54, 1.807) is 7.11 Å². The average Bonchev–Trinajstić information content (AvgIpc) is 2.46. The van der Waals surface area contributed by atoms with Crippen LogP contribution < -0.4 is 10.1 Å². The lowest BCUT2D eigenvalue weighted by Gasteiger charge is -2.34. The van der Waals surface area contributed by atoms with Crippen molar-refractivity contribution in [2.45, 2.75) is 52.2 Å². The second-order valence-electron chi connectivity index (χ2n) is 6.67. The highest BCUT2D eigenvalue weighted by molar-refractivity contribution is 5.38. The fourth-order valence-electron chi connectivity index (χ4n) is 3.46. The fraction of sp³-hybridized carbons (Fsp3) is 0.667. The lowest BCUT2D eigenvalue weighted by atomic mass is 9.80. The van der Waals surface area contributed by atoms with E-state index >= 15 is 0 Å². The van der Waals surface area contributed by atoms with E-state index in [-0.39, 0.29) is 0 Å². The number of rotatable bonds is 5. The van der Waals surface area contributed by atoms with Gasteiger partial charge in [0.2, 0.25) is 0 Å². The smallest absolute Gasteiger partial charge is 0.124 e. The number of benzene rings is 1. The molecule has 2 rings (SSSR count). The molecule has 1 fully saturated rings. The third-order valence-electron chi connectivity index (χ3n) is 4.75. The van der Waals surface area contributed by atoms with Gasteiger partial charge in [-0.3, -0.25) is 0 Å². The van der Waals surface area contributed by atoms with Crippen LogP contribution in [0.3, 0.4) is 0 Å². The third-order valence-corrected chi connectivity index (χ3v) is 4.75. The zero-order valence-corrected chi connectivity index (χ0v) is 13.7. The first kappa shape index (κ1) is 16.3. The zero-order chi connectivity index (χ0) is 15.4. The second-order valence-corrected chi connectivity index (χ2v) is 6.67. The van der Waals surface area contributed by atoms with Gasteiger partial charge in [0.05, 0.1) is 13.2 Å². The van der Waals surface area contributed by atoms with E-state index in [0.717, 1.165) is 22.8 Å². The van der Waals surface area contributed by atoms with Crippen molar-refractivity contribution in [2.75, 3.05) is 13.7 Å². The number of hydrogen-bond donors (Lipinski definition) is 2. The molecule has 21 heavy (non-hydrogen) atoms. The zero-order valence-electron chi connectivity index (χ0n) is 13.7. The molecule has 0 amide bonds. The summed E-state index contributed by atoms with van der Waals surface area (Å²) in [6.45, 7) is 7.27. The van der Waals surface area contributed by atoms with Crippen molar-refractivity contribution in [3.63, 3.8) is 0 Å². The first-order chi connectivity index (χ1) is 10.0. The van der Waals surface area contributed by atoms with E-state index in [4.69, 9.17) is 4.74 Å². The predicted molar refractivity (Wildman–Crippen MR) is 86.7 cm³/mol. The van der Waals surface area contributed by atoms with E-state index in [2.05, 4.69) is 19.2 Å². The minimum atomic E-state index is -0.522. The quantitative estimate of drug-likeness (QED) is 0.873. The number of aryl methyl sites for hydroxylation is 1. The maximum atomic E-state index is 10.5. The molecule has 118 valence electrons. The molecule has 2 N–H and O–H groups in total. The molecule has 0 aromatic heterocycles. The van der Waals surface area contributed by atoms with Crippen molar-refractivity contribution in [1.29, 1.82) is 0 Å². The first-order valence-corrected chi connectivity index (χ1v) is 8.07. The number of methoxy groups -OCH3 is 1. The van der Waals surface area contributed by atoms with Crippen LogP contribution in [0.15, 0.2) is 18.2 Å². The van der Waals surface area contributed by atoms with Crippen LogP contribution in [-0.4, -0.2) is 24.8 Å². The Morgan fingerprint density at radius 1 is 1.33 bits per heavy atom. The summed E-state index contributed by atoms with van der Waals surface area (Å²) in [6, 6.07) is 6.47. The molecule has 1 aliphatic carbocycles. The maximum Gasteiger partial charge on any atom is 0.124 e. The van der Waals surface area contributed by atoms with Crippen LogP contribution >= 0.6 is 0 Å². The Kier molecular flexibility index (Phi) is 5.65. The van der Waals surface area contributed by atoms with Crippen LogP contribution in [0.4, 0.5) is 0 Å². The number of aliphatic hydroxyl groups excluding tert-OH is 1.